The van der Waals surface area contributed by atoms with Gasteiger partial charge in [0.15, 0.2) is 5.13 Å². The Labute approximate surface area is 165 Å². The second kappa shape index (κ2) is 7.52. The maximum absolute atomic E-state index is 13.3. The molecule has 4 aromatic rings. The molecule has 142 valence electrons. The molecule has 0 saturated carbocycles. The van der Waals surface area contributed by atoms with E-state index in [0.717, 1.165) is 28.2 Å². The first-order chi connectivity index (χ1) is 13.5. The van der Waals surface area contributed by atoms with Crippen molar-refractivity contribution in [1.29, 1.82) is 0 Å². The Kier molecular flexibility index (Phi) is 4.92. The topological polar surface area (TPSA) is 93.8 Å². The van der Waals surface area contributed by atoms with Crippen LogP contribution in [0.2, 0.25) is 0 Å². The van der Waals surface area contributed by atoms with Crippen LogP contribution >= 0.6 is 22.7 Å². The van der Waals surface area contributed by atoms with Crippen molar-refractivity contribution >= 4 is 33.7 Å². The minimum Gasteiger partial charge on any atom is -0.354 e. The van der Waals surface area contributed by atoms with Gasteiger partial charge in [-0.25, -0.2) is 13.8 Å². The summed E-state index contributed by atoms with van der Waals surface area (Å²) in [6.07, 6.45) is 0.0886. The average molecular weight is 419 g/mol. The molecule has 0 aliphatic rings. The van der Waals surface area contributed by atoms with Crippen molar-refractivity contribution in [3.8, 4) is 22.0 Å². The van der Waals surface area contributed by atoms with Crippen LogP contribution in [0.25, 0.3) is 22.0 Å². The Bertz CT molecular complexity index is 1120. The van der Waals surface area contributed by atoms with E-state index in [-0.39, 0.29) is 16.4 Å². The van der Waals surface area contributed by atoms with Crippen molar-refractivity contribution in [2.75, 3.05) is 5.32 Å². The summed E-state index contributed by atoms with van der Waals surface area (Å²) >= 11 is 2.33. The molecular weight excluding hydrogens is 408 g/mol. The fourth-order valence-corrected chi connectivity index (χ4v) is 3.82. The molecule has 0 unspecified atom stereocenters. The van der Waals surface area contributed by atoms with E-state index in [2.05, 4.69) is 25.4 Å². The fourth-order valence-electron chi connectivity index (χ4n) is 2.53. The summed E-state index contributed by atoms with van der Waals surface area (Å²) in [6.45, 7) is 1.90. The SMILES string of the molecule is Cc1cccnc1-c1csc(NC(=O)c2c(-c3cncs3)noc2C(F)F)n1. The maximum Gasteiger partial charge on any atom is 0.298 e. The van der Waals surface area contributed by atoms with E-state index in [0.29, 0.717) is 16.3 Å². The number of carbonyl (C=O) groups excluding carboxylic acids is 1. The summed E-state index contributed by atoms with van der Waals surface area (Å²) in [5.41, 5.74) is 3.40. The lowest BCUT2D eigenvalue weighted by Crippen LogP contribution is -2.14. The molecule has 4 rings (SSSR count). The molecule has 0 spiro atoms. The number of rotatable bonds is 5. The molecule has 0 atom stereocenters. The molecule has 0 aliphatic heterocycles. The molecule has 0 bridgehead atoms. The highest BCUT2D eigenvalue weighted by Crippen LogP contribution is 2.34. The maximum atomic E-state index is 13.3. The van der Waals surface area contributed by atoms with Gasteiger partial charge in [-0.1, -0.05) is 11.2 Å². The highest BCUT2D eigenvalue weighted by atomic mass is 32.1. The van der Waals surface area contributed by atoms with E-state index in [1.54, 1.807) is 11.6 Å². The molecule has 28 heavy (non-hydrogen) atoms. The van der Waals surface area contributed by atoms with Crippen molar-refractivity contribution in [3.05, 3.63) is 52.3 Å². The third-order valence-corrected chi connectivity index (χ3v) is 5.32. The van der Waals surface area contributed by atoms with Gasteiger partial charge in [0.05, 0.1) is 16.1 Å². The van der Waals surface area contributed by atoms with Gasteiger partial charge < -0.3 is 4.52 Å². The number of nitrogens with one attached hydrogen (secondary N) is 1. The van der Waals surface area contributed by atoms with Crippen molar-refractivity contribution in [3.63, 3.8) is 0 Å². The van der Waals surface area contributed by atoms with E-state index < -0.39 is 18.1 Å². The number of halogens is 2. The number of aryl methyl sites for hydroxylation is 1. The first-order valence-electron chi connectivity index (χ1n) is 7.90. The lowest BCUT2D eigenvalue weighted by atomic mass is 10.1. The van der Waals surface area contributed by atoms with Gasteiger partial charge in [-0.15, -0.1) is 22.7 Å². The minimum atomic E-state index is -2.99. The molecule has 0 radical (unpaired) electrons. The van der Waals surface area contributed by atoms with E-state index in [1.165, 1.54) is 11.7 Å². The number of nitrogens with zero attached hydrogens (tertiary/aromatic N) is 4. The average Bonchev–Trinajstić information content (AvgIpc) is 3.41. The number of aromatic nitrogens is 4. The Balaban J connectivity index is 1.65. The highest BCUT2D eigenvalue weighted by molar-refractivity contribution is 7.14. The van der Waals surface area contributed by atoms with Crippen LogP contribution in [0.1, 0.15) is 28.1 Å². The molecule has 0 saturated heterocycles. The van der Waals surface area contributed by atoms with Crippen LogP contribution in [-0.4, -0.2) is 26.0 Å². The number of pyridine rings is 1. The second-order valence-corrected chi connectivity index (χ2v) is 7.34. The number of thiazole rings is 2. The molecule has 4 heterocycles. The molecule has 0 fully saturated rings. The quantitative estimate of drug-likeness (QED) is 0.499. The molecule has 7 nitrogen and oxygen atoms in total. The fraction of sp³-hybridized carbons (Fsp3) is 0.118. The molecule has 0 aliphatic carbocycles. The van der Waals surface area contributed by atoms with E-state index >= 15 is 0 Å². The second-order valence-electron chi connectivity index (χ2n) is 5.60. The molecule has 1 amide bonds. The Morgan fingerprint density at radius 1 is 1.29 bits per heavy atom. The minimum absolute atomic E-state index is 0.0210. The van der Waals surface area contributed by atoms with Gasteiger partial charge in [-0.05, 0) is 18.6 Å². The van der Waals surface area contributed by atoms with Gasteiger partial charge >= 0.3 is 0 Å². The zero-order chi connectivity index (χ0) is 19.7. The van der Waals surface area contributed by atoms with Crippen LogP contribution in [0, 0.1) is 6.92 Å². The monoisotopic (exact) mass is 419 g/mol. The Morgan fingerprint density at radius 2 is 2.14 bits per heavy atom. The van der Waals surface area contributed by atoms with Crippen LogP contribution in [0.5, 0.6) is 0 Å². The number of anilines is 1. The smallest absolute Gasteiger partial charge is 0.298 e. The lowest BCUT2D eigenvalue weighted by Gasteiger charge is -2.03. The van der Waals surface area contributed by atoms with Crippen LogP contribution in [0.4, 0.5) is 13.9 Å². The predicted molar refractivity (Wildman–Crippen MR) is 101 cm³/mol. The summed E-state index contributed by atoms with van der Waals surface area (Å²) in [7, 11) is 0. The van der Waals surface area contributed by atoms with Crippen LogP contribution in [0.15, 0.2) is 39.9 Å². The van der Waals surface area contributed by atoms with Crippen LogP contribution in [0.3, 0.4) is 0 Å². The normalized spacial score (nSPS) is 11.1. The Hall–Kier alpha value is -3.05. The van der Waals surface area contributed by atoms with E-state index in [1.807, 2.05) is 19.1 Å². The summed E-state index contributed by atoms with van der Waals surface area (Å²) < 4.78 is 31.3. The summed E-state index contributed by atoms with van der Waals surface area (Å²) in [5.74, 6) is -1.57. The number of alkyl halides is 2. The molecule has 11 heteroatoms. The van der Waals surface area contributed by atoms with Crippen molar-refractivity contribution in [1.82, 2.24) is 20.1 Å². The van der Waals surface area contributed by atoms with Gasteiger partial charge in [0.25, 0.3) is 12.3 Å². The standard InChI is InChI=1S/C17H11F2N5O2S2/c1-8-3-2-4-21-12(8)9-6-27-17(22-9)23-16(25)11-13(10-5-20-7-28-10)24-26-14(11)15(18)19/h2-7,15H,1H3,(H,22,23,25). The molecular formula is C17H11F2N5O2S2. The van der Waals surface area contributed by atoms with E-state index in [9.17, 15) is 13.6 Å². The summed E-state index contributed by atoms with van der Waals surface area (Å²) in [4.78, 5) is 25.7. The van der Waals surface area contributed by atoms with Gasteiger partial charge in [0.2, 0.25) is 5.76 Å². The van der Waals surface area contributed by atoms with Gasteiger partial charge in [-0.3, -0.25) is 20.1 Å². The number of hydrogen-bond donors (Lipinski definition) is 1. The molecule has 0 aromatic carbocycles. The third-order valence-electron chi connectivity index (χ3n) is 3.79. The predicted octanol–water partition coefficient (Wildman–Crippen LogP) is 4.81. The first-order valence-corrected chi connectivity index (χ1v) is 9.66. The number of amides is 1. The zero-order valence-corrected chi connectivity index (χ0v) is 15.9. The van der Waals surface area contributed by atoms with Crippen molar-refractivity contribution < 1.29 is 18.1 Å². The van der Waals surface area contributed by atoms with Gasteiger partial charge in [-0.2, -0.15) is 0 Å². The third kappa shape index (κ3) is 3.41. The number of carbonyl (C=O) groups is 1. The van der Waals surface area contributed by atoms with E-state index in [4.69, 9.17) is 4.52 Å². The molecule has 4 aromatic heterocycles. The Morgan fingerprint density at radius 3 is 2.86 bits per heavy atom. The van der Waals surface area contributed by atoms with Gasteiger partial charge in [0.1, 0.15) is 17.0 Å². The largest absolute Gasteiger partial charge is 0.354 e. The number of hydrogen-bond acceptors (Lipinski definition) is 8. The first kappa shape index (κ1) is 18.3. The van der Waals surface area contributed by atoms with Gasteiger partial charge in [0, 0.05) is 17.8 Å². The van der Waals surface area contributed by atoms with Crippen LogP contribution in [-0.2, 0) is 0 Å². The lowest BCUT2D eigenvalue weighted by molar-refractivity contribution is 0.0966. The highest BCUT2D eigenvalue weighted by Gasteiger charge is 2.30. The zero-order valence-electron chi connectivity index (χ0n) is 14.2. The molecule has 1 N–H and O–H groups in total. The summed E-state index contributed by atoms with van der Waals surface area (Å²) in [6, 6.07) is 3.71. The summed E-state index contributed by atoms with van der Waals surface area (Å²) in [5, 5.41) is 8.16. The van der Waals surface area contributed by atoms with Crippen LogP contribution < -0.4 is 5.32 Å². The van der Waals surface area contributed by atoms with Crippen molar-refractivity contribution in [2.45, 2.75) is 13.3 Å². The van der Waals surface area contributed by atoms with Crippen molar-refractivity contribution in [2.24, 2.45) is 0 Å².